The van der Waals surface area contributed by atoms with Crippen LogP contribution in [0, 0.1) is 5.41 Å². The lowest BCUT2D eigenvalue weighted by atomic mass is 9.88. The van der Waals surface area contributed by atoms with Gasteiger partial charge in [-0.3, -0.25) is 9.59 Å². The number of hydrogen-bond acceptors (Lipinski definition) is 2. The minimum Gasteiger partial charge on any atom is -0.356 e. The van der Waals surface area contributed by atoms with E-state index >= 15 is 0 Å². The van der Waals surface area contributed by atoms with Crippen LogP contribution in [0.3, 0.4) is 0 Å². The van der Waals surface area contributed by atoms with Gasteiger partial charge in [0.05, 0.1) is 5.41 Å². The second-order valence-electron chi connectivity index (χ2n) is 6.55. The van der Waals surface area contributed by atoms with E-state index in [4.69, 9.17) is 0 Å². The van der Waals surface area contributed by atoms with Crippen LogP contribution in [0.25, 0.3) is 0 Å². The molecule has 0 aromatic heterocycles. The summed E-state index contributed by atoms with van der Waals surface area (Å²) in [5.41, 5.74) is -0.396. The highest BCUT2D eigenvalue weighted by Gasteiger charge is 2.39. The second kappa shape index (κ2) is 9.06. The molecule has 4 nitrogen and oxygen atoms in total. The lowest BCUT2D eigenvalue weighted by Crippen LogP contribution is -2.43. The van der Waals surface area contributed by atoms with Gasteiger partial charge in [-0.05, 0) is 26.2 Å². The molecule has 1 saturated heterocycles. The van der Waals surface area contributed by atoms with Gasteiger partial charge in [0, 0.05) is 26.1 Å². The Balaban J connectivity index is 2.44. The molecule has 122 valence electrons. The average molecular weight is 296 g/mol. The minimum absolute atomic E-state index is 0.0966. The topological polar surface area (TPSA) is 49.4 Å². The Bertz CT molecular complexity index is 344. The highest BCUT2D eigenvalue weighted by Crippen LogP contribution is 2.27. The summed E-state index contributed by atoms with van der Waals surface area (Å²) in [6.07, 6.45) is 8.21. The van der Waals surface area contributed by atoms with Crippen molar-refractivity contribution in [2.75, 3.05) is 19.6 Å². The van der Waals surface area contributed by atoms with E-state index in [0.717, 1.165) is 38.8 Å². The molecular formula is C17H32N2O2. The Labute approximate surface area is 129 Å². The van der Waals surface area contributed by atoms with Gasteiger partial charge in [-0.2, -0.15) is 0 Å². The van der Waals surface area contributed by atoms with Gasteiger partial charge in [0.2, 0.25) is 11.8 Å². The lowest BCUT2D eigenvalue weighted by molar-refractivity contribution is -0.135. The van der Waals surface area contributed by atoms with Crippen LogP contribution in [0.2, 0.25) is 0 Å². The summed E-state index contributed by atoms with van der Waals surface area (Å²) in [5.74, 6) is 0.314. The van der Waals surface area contributed by atoms with E-state index in [1.165, 1.54) is 19.3 Å². The molecule has 1 heterocycles. The normalized spacial score (nSPS) is 21.4. The monoisotopic (exact) mass is 296 g/mol. The highest BCUT2D eigenvalue weighted by molar-refractivity contribution is 5.85. The molecule has 1 atom stereocenters. The molecule has 1 fully saturated rings. The Hall–Kier alpha value is -1.06. The van der Waals surface area contributed by atoms with Crippen molar-refractivity contribution in [3.63, 3.8) is 0 Å². The zero-order valence-corrected chi connectivity index (χ0v) is 14.0. The maximum Gasteiger partial charge on any atom is 0.227 e. The Morgan fingerprint density at radius 1 is 1.19 bits per heavy atom. The van der Waals surface area contributed by atoms with Crippen molar-refractivity contribution in [2.24, 2.45) is 5.41 Å². The first-order valence-electron chi connectivity index (χ1n) is 8.59. The molecule has 0 radical (unpaired) electrons. The number of nitrogens with zero attached hydrogens (tertiary/aromatic N) is 1. The fourth-order valence-electron chi connectivity index (χ4n) is 2.95. The largest absolute Gasteiger partial charge is 0.356 e. The van der Waals surface area contributed by atoms with Gasteiger partial charge in [0.1, 0.15) is 0 Å². The fourth-order valence-corrected chi connectivity index (χ4v) is 2.95. The number of carbonyl (C=O) groups is 2. The van der Waals surface area contributed by atoms with Crippen molar-refractivity contribution in [3.05, 3.63) is 0 Å². The van der Waals surface area contributed by atoms with Gasteiger partial charge >= 0.3 is 0 Å². The van der Waals surface area contributed by atoms with Gasteiger partial charge in [0.25, 0.3) is 0 Å². The third kappa shape index (κ3) is 5.68. The molecule has 1 rings (SSSR count). The molecule has 1 N–H and O–H groups in total. The molecule has 0 aliphatic carbocycles. The number of hydrogen-bond donors (Lipinski definition) is 1. The molecule has 0 unspecified atom stereocenters. The van der Waals surface area contributed by atoms with Crippen LogP contribution in [-0.4, -0.2) is 36.3 Å². The predicted octanol–water partition coefficient (Wildman–Crippen LogP) is 3.11. The maximum atomic E-state index is 12.4. The summed E-state index contributed by atoms with van der Waals surface area (Å²) in [7, 11) is 0. The molecule has 0 saturated carbocycles. The number of rotatable bonds is 10. The number of nitrogens with one attached hydrogen (secondary N) is 1. The fraction of sp³-hybridized carbons (Fsp3) is 0.882. The molecule has 2 amide bonds. The van der Waals surface area contributed by atoms with E-state index in [-0.39, 0.29) is 11.8 Å². The van der Waals surface area contributed by atoms with E-state index in [1.807, 2.05) is 11.8 Å². The van der Waals surface area contributed by atoms with Crippen LogP contribution in [0.5, 0.6) is 0 Å². The standard InChI is InChI=1S/C17H32N2O2/c1-4-6-7-8-9-10-15(20)19(13-5-2)14-17(3)11-12-18-16(17)21/h4-14H2,1-3H3,(H,18,21)/t17-/m1/s1. The van der Waals surface area contributed by atoms with Crippen molar-refractivity contribution >= 4 is 11.8 Å². The van der Waals surface area contributed by atoms with Crippen LogP contribution < -0.4 is 5.32 Å². The smallest absolute Gasteiger partial charge is 0.227 e. The van der Waals surface area contributed by atoms with Gasteiger partial charge in [-0.1, -0.05) is 39.5 Å². The van der Waals surface area contributed by atoms with E-state index in [1.54, 1.807) is 0 Å². The average Bonchev–Trinajstić information content (AvgIpc) is 2.77. The predicted molar refractivity (Wildman–Crippen MR) is 86.0 cm³/mol. The maximum absolute atomic E-state index is 12.4. The van der Waals surface area contributed by atoms with E-state index in [9.17, 15) is 9.59 Å². The van der Waals surface area contributed by atoms with Gasteiger partial charge in [-0.25, -0.2) is 0 Å². The van der Waals surface area contributed by atoms with Crippen molar-refractivity contribution in [2.45, 2.75) is 72.1 Å². The molecule has 4 heteroatoms. The van der Waals surface area contributed by atoms with E-state index < -0.39 is 5.41 Å². The first kappa shape index (κ1) is 18.0. The Morgan fingerprint density at radius 3 is 2.48 bits per heavy atom. The van der Waals surface area contributed by atoms with Crippen LogP contribution in [0.15, 0.2) is 0 Å². The Morgan fingerprint density at radius 2 is 1.90 bits per heavy atom. The minimum atomic E-state index is -0.396. The summed E-state index contributed by atoms with van der Waals surface area (Å²) in [6, 6.07) is 0. The summed E-state index contributed by atoms with van der Waals surface area (Å²) in [5, 5.41) is 2.89. The summed E-state index contributed by atoms with van der Waals surface area (Å²) in [4.78, 5) is 26.2. The van der Waals surface area contributed by atoms with Crippen LogP contribution in [-0.2, 0) is 9.59 Å². The third-order valence-corrected chi connectivity index (χ3v) is 4.39. The quantitative estimate of drug-likeness (QED) is 0.630. The molecule has 0 aromatic carbocycles. The summed E-state index contributed by atoms with van der Waals surface area (Å²) < 4.78 is 0. The summed E-state index contributed by atoms with van der Waals surface area (Å²) in [6.45, 7) is 8.32. The van der Waals surface area contributed by atoms with Crippen molar-refractivity contribution < 1.29 is 9.59 Å². The molecule has 1 aliphatic heterocycles. The molecule has 21 heavy (non-hydrogen) atoms. The molecule has 0 aromatic rings. The molecule has 0 spiro atoms. The molecular weight excluding hydrogens is 264 g/mol. The number of unbranched alkanes of at least 4 members (excludes halogenated alkanes) is 4. The second-order valence-corrected chi connectivity index (χ2v) is 6.55. The summed E-state index contributed by atoms with van der Waals surface area (Å²) >= 11 is 0. The van der Waals surface area contributed by atoms with Crippen molar-refractivity contribution in [3.8, 4) is 0 Å². The highest BCUT2D eigenvalue weighted by atomic mass is 16.2. The van der Waals surface area contributed by atoms with Crippen molar-refractivity contribution in [1.29, 1.82) is 0 Å². The van der Waals surface area contributed by atoms with Crippen LogP contribution in [0.1, 0.15) is 72.1 Å². The van der Waals surface area contributed by atoms with E-state index in [2.05, 4.69) is 19.2 Å². The Kier molecular flexibility index (Phi) is 7.76. The zero-order valence-electron chi connectivity index (χ0n) is 14.0. The van der Waals surface area contributed by atoms with Crippen molar-refractivity contribution in [1.82, 2.24) is 10.2 Å². The van der Waals surface area contributed by atoms with Gasteiger partial charge in [0.15, 0.2) is 0 Å². The molecule has 1 aliphatic rings. The molecule has 0 bridgehead atoms. The van der Waals surface area contributed by atoms with Crippen LogP contribution in [0.4, 0.5) is 0 Å². The first-order chi connectivity index (χ1) is 10.0. The number of amides is 2. The van der Waals surface area contributed by atoms with Crippen LogP contribution >= 0.6 is 0 Å². The third-order valence-electron chi connectivity index (χ3n) is 4.39. The van der Waals surface area contributed by atoms with E-state index in [0.29, 0.717) is 13.0 Å². The SMILES string of the molecule is CCCCCCCC(=O)N(CCC)C[C@@]1(C)CCNC1=O. The van der Waals surface area contributed by atoms with Gasteiger partial charge in [-0.15, -0.1) is 0 Å². The zero-order chi connectivity index (χ0) is 15.7. The lowest BCUT2D eigenvalue weighted by Gasteiger charge is -2.30. The van der Waals surface area contributed by atoms with Gasteiger partial charge < -0.3 is 10.2 Å². The first-order valence-corrected chi connectivity index (χ1v) is 8.59. The number of carbonyl (C=O) groups excluding carboxylic acids is 2.